The Hall–Kier alpha value is -0.130. The summed E-state index contributed by atoms with van der Waals surface area (Å²) in [5.74, 6) is 0.116. The number of hydrogen-bond acceptors (Lipinski definition) is 4. The highest BCUT2D eigenvalue weighted by molar-refractivity contribution is 7.86. The van der Waals surface area contributed by atoms with Crippen LogP contribution in [0, 0.1) is 0 Å². The molecule has 80 valence electrons. The van der Waals surface area contributed by atoms with Crippen LogP contribution < -0.4 is 0 Å². The van der Waals surface area contributed by atoms with Crippen LogP contribution in [-0.2, 0) is 19.0 Å². The molecule has 0 atom stereocenters. The minimum Gasteiger partial charge on any atom is -0.382 e. The smallest absolute Gasteiger partial charge is 0.267 e. The van der Waals surface area contributed by atoms with Crippen LogP contribution in [-0.4, -0.2) is 34.5 Å². The quantitative estimate of drug-likeness (QED) is 0.446. The zero-order valence-corrected chi connectivity index (χ0v) is 9.10. The minimum absolute atomic E-state index is 0.116. The molecule has 0 spiro atoms. The van der Waals surface area contributed by atoms with Crippen molar-refractivity contribution in [2.75, 3.05) is 26.1 Å². The highest BCUT2D eigenvalue weighted by Gasteiger charge is 2.09. The van der Waals surface area contributed by atoms with Crippen molar-refractivity contribution in [3.63, 3.8) is 0 Å². The molecule has 4 nitrogen and oxygen atoms in total. The Morgan fingerprint density at radius 1 is 1.15 bits per heavy atom. The SMILES string of the molecule is CCCCCS(=O)(=O)OCCOC. The molecule has 0 aromatic heterocycles. The summed E-state index contributed by atoms with van der Waals surface area (Å²) in [7, 11) is -1.80. The minimum atomic E-state index is -3.31. The van der Waals surface area contributed by atoms with Gasteiger partial charge in [0.05, 0.1) is 19.0 Å². The Morgan fingerprint density at radius 2 is 1.85 bits per heavy atom. The third-order valence-electron chi connectivity index (χ3n) is 1.55. The first kappa shape index (κ1) is 12.9. The molecule has 0 bridgehead atoms. The van der Waals surface area contributed by atoms with E-state index in [2.05, 4.69) is 8.92 Å². The number of hydrogen-bond donors (Lipinski definition) is 0. The summed E-state index contributed by atoms with van der Waals surface area (Å²) < 4.78 is 31.5. The summed E-state index contributed by atoms with van der Waals surface area (Å²) in [6, 6.07) is 0. The second-order valence-corrected chi connectivity index (χ2v) is 4.54. The third kappa shape index (κ3) is 8.21. The Labute approximate surface area is 80.4 Å². The van der Waals surface area contributed by atoms with E-state index in [4.69, 9.17) is 0 Å². The van der Waals surface area contributed by atoms with Crippen LogP contribution in [0.25, 0.3) is 0 Å². The van der Waals surface area contributed by atoms with Crippen molar-refractivity contribution >= 4 is 10.1 Å². The van der Waals surface area contributed by atoms with E-state index >= 15 is 0 Å². The Bertz CT molecular complexity index is 182. The van der Waals surface area contributed by atoms with E-state index in [1.165, 1.54) is 7.11 Å². The molecule has 0 rings (SSSR count). The van der Waals surface area contributed by atoms with Crippen LogP contribution >= 0.6 is 0 Å². The summed E-state index contributed by atoms with van der Waals surface area (Å²) >= 11 is 0. The van der Waals surface area contributed by atoms with Crippen LogP contribution in [0.4, 0.5) is 0 Å². The first-order chi connectivity index (χ1) is 6.12. The zero-order chi connectivity index (χ0) is 10.2. The van der Waals surface area contributed by atoms with Gasteiger partial charge in [0, 0.05) is 7.11 Å². The van der Waals surface area contributed by atoms with Crippen molar-refractivity contribution in [2.45, 2.75) is 26.2 Å². The molecule has 0 aromatic rings. The van der Waals surface area contributed by atoms with Crippen LogP contribution in [0.5, 0.6) is 0 Å². The number of methoxy groups -OCH3 is 1. The van der Waals surface area contributed by atoms with Crippen molar-refractivity contribution in [3.05, 3.63) is 0 Å². The van der Waals surface area contributed by atoms with Crippen LogP contribution in [0.15, 0.2) is 0 Å². The summed E-state index contributed by atoms with van der Waals surface area (Å²) in [4.78, 5) is 0. The molecule has 0 unspecified atom stereocenters. The van der Waals surface area contributed by atoms with Gasteiger partial charge in [0.1, 0.15) is 0 Å². The Balaban J connectivity index is 3.55. The summed E-state index contributed by atoms with van der Waals surface area (Å²) in [6.45, 7) is 2.45. The fourth-order valence-electron chi connectivity index (χ4n) is 0.832. The molecular weight excluding hydrogens is 192 g/mol. The van der Waals surface area contributed by atoms with E-state index in [0.29, 0.717) is 13.0 Å². The van der Waals surface area contributed by atoms with E-state index in [1.54, 1.807) is 0 Å². The predicted molar refractivity (Wildman–Crippen MR) is 51.1 cm³/mol. The number of unbranched alkanes of at least 4 members (excludes halogenated alkanes) is 2. The maximum atomic E-state index is 11.1. The highest BCUT2D eigenvalue weighted by atomic mass is 32.2. The zero-order valence-electron chi connectivity index (χ0n) is 8.28. The fraction of sp³-hybridized carbons (Fsp3) is 1.00. The molecule has 0 radical (unpaired) electrons. The monoisotopic (exact) mass is 210 g/mol. The van der Waals surface area contributed by atoms with Crippen molar-refractivity contribution in [2.24, 2.45) is 0 Å². The lowest BCUT2D eigenvalue weighted by Gasteiger charge is -2.03. The van der Waals surface area contributed by atoms with E-state index in [-0.39, 0.29) is 12.4 Å². The lowest BCUT2D eigenvalue weighted by molar-refractivity contribution is 0.149. The van der Waals surface area contributed by atoms with Crippen molar-refractivity contribution in [1.29, 1.82) is 0 Å². The van der Waals surface area contributed by atoms with Crippen LogP contribution in [0.2, 0.25) is 0 Å². The second kappa shape index (κ2) is 7.29. The van der Waals surface area contributed by atoms with E-state index in [9.17, 15) is 8.42 Å². The van der Waals surface area contributed by atoms with Gasteiger partial charge in [-0.1, -0.05) is 19.8 Å². The molecule has 0 saturated heterocycles. The molecule has 0 saturated carbocycles. The highest BCUT2D eigenvalue weighted by Crippen LogP contribution is 2.01. The third-order valence-corrected chi connectivity index (χ3v) is 2.86. The van der Waals surface area contributed by atoms with Crippen molar-refractivity contribution in [3.8, 4) is 0 Å². The Morgan fingerprint density at radius 3 is 2.38 bits per heavy atom. The lowest BCUT2D eigenvalue weighted by Crippen LogP contribution is -2.13. The number of rotatable bonds is 8. The van der Waals surface area contributed by atoms with Crippen LogP contribution in [0.1, 0.15) is 26.2 Å². The van der Waals surface area contributed by atoms with E-state index < -0.39 is 10.1 Å². The molecule has 0 aromatic carbocycles. The first-order valence-corrected chi connectivity index (χ1v) is 6.06. The largest absolute Gasteiger partial charge is 0.382 e. The average molecular weight is 210 g/mol. The molecular formula is C8H18O4S. The van der Waals surface area contributed by atoms with E-state index in [0.717, 1.165) is 12.8 Å². The molecule has 0 N–H and O–H groups in total. The number of ether oxygens (including phenoxy) is 1. The lowest BCUT2D eigenvalue weighted by atomic mass is 10.3. The molecule has 0 aliphatic carbocycles. The topological polar surface area (TPSA) is 52.6 Å². The van der Waals surface area contributed by atoms with Crippen molar-refractivity contribution < 1.29 is 17.3 Å². The van der Waals surface area contributed by atoms with Crippen molar-refractivity contribution in [1.82, 2.24) is 0 Å². The first-order valence-electron chi connectivity index (χ1n) is 4.48. The van der Waals surface area contributed by atoms with Gasteiger partial charge in [0.25, 0.3) is 10.1 Å². The second-order valence-electron chi connectivity index (χ2n) is 2.78. The summed E-state index contributed by atoms with van der Waals surface area (Å²) in [5, 5.41) is 0. The summed E-state index contributed by atoms with van der Waals surface area (Å²) in [5.41, 5.74) is 0. The van der Waals surface area contributed by atoms with Gasteiger partial charge in [-0.25, -0.2) is 0 Å². The predicted octanol–water partition coefficient (Wildman–Crippen LogP) is 1.17. The molecule has 5 heteroatoms. The fourth-order valence-corrected chi connectivity index (χ4v) is 1.83. The van der Waals surface area contributed by atoms with Gasteiger partial charge >= 0.3 is 0 Å². The summed E-state index contributed by atoms with van der Waals surface area (Å²) in [6.07, 6.45) is 2.60. The van der Waals surface area contributed by atoms with Gasteiger partial charge in [-0.3, -0.25) is 4.18 Å². The molecule has 0 heterocycles. The maximum Gasteiger partial charge on any atom is 0.267 e. The molecule has 0 fully saturated rings. The average Bonchev–Trinajstić information content (AvgIpc) is 2.05. The maximum absolute atomic E-state index is 11.1. The Kier molecular flexibility index (Phi) is 7.22. The molecule has 0 amide bonds. The van der Waals surface area contributed by atoms with E-state index in [1.807, 2.05) is 6.92 Å². The molecule has 13 heavy (non-hydrogen) atoms. The van der Waals surface area contributed by atoms with Gasteiger partial charge in [0.15, 0.2) is 0 Å². The van der Waals surface area contributed by atoms with Gasteiger partial charge in [-0.05, 0) is 6.42 Å². The normalized spacial score (nSPS) is 11.8. The van der Waals surface area contributed by atoms with Gasteiger partial charge < -0.3 is 4.74 Å². The van der Waals surface area contributed by atoms with Crippen LogP contribution in [0.3, 0.4) is 0 Å². The van der Waals surface area contributed by atoms with Gasteiger partial charge in [-0.15, -0.1) is 0 Å². The molecule has 0 aliphatic heterocycles. The van der Waals surface area contributed by atoms with Gasteiger partial charge in [0.2, 0.25) is 0 Å². The molecule has 0 aliphatic rings. The van der Waals surface area contributed by atoms with Gasteiger partial charge in [-0.2, -0.15) is 8.42 Å². The standard InChI is InChI=1S/C8H18O4S/c1-3-4-5-8-13(9,10)12-7-6-11-2/h3-8H2,1-2H3.